The van der Waals surface area contributed by atoms with Gasteiger partial charge in [0.1, 0.15) is 5.75 Å². The van der Waals surface area contributed by atoms with E-state index in [1.165, 1.54) is 6.42 Å². The number of urea groups is 1. The molecule has 1 aromatic carbocycles. The van der Waals surface area contributed by atoms with Crippen molar-refractivity contribution in [2.75, 3.05) is 0 Å². The molecular weight excluding hydrogens is 342 g/mol. The summed E-state index contributed by atoms with van der Waals surface area (Å²) in [6.45, 7) is 5.38. The zero-order chi connectivity index (χ0) is 18.4. The van der Waals surface area contributed by atoms with E-state index in [2.05, 4.69) is 16.2 Å². The largest absolute Gasteiger partial charge is 0.481 e. The Hall–Kier alpha value is -1.95. The Balaban J connectivity index is 1.78. The number of amides is 3. The van der Waals surface area contributed by atoms with Crippen LogP contribution in [0.4, 0.5) is 4.79 Å². The highest BCUT2D eigenvalue weighted by Gasteiger charge is 2.18. The van der Waals surface area contributed by atoms with Crippen molar-refractivity contribution in [1.29, 1.82) is 0 Å². The molecule has 25 heavy (non-hydrogen) atoms. The molecule has 1 unspecified atom stereocenters. The zero-order valence-corrected chi connectivity index (χ0v) is 15.7. The van der Waals surface area contributed by atoms with Crippen molar-refractivity contribution in [2.45, 2.75) is 65.0 Å². The molecule has 138 valence electrons. The molecule has 0 aliphatic heterocycles. The van der Waals surface area contributed by atoms with Gasteiger partial charge < -0.3 is 10.1 Å². The Morgan fingerprint density at radius 1 is 1.12 bits per heavy atom. The molecule has 2 rings (SSSR count). The summed E-state index contributed by atoms with van der Waals surface area (Å²) in [7, 11) is 0. The van der Waals surface area contributed by atoms with E-state index in [1.807, 2.05) is 13.8 Å². The van der Waals surface area contributed by atoms with E-state index in [0.717, 1.165) is 36.8 Å². The van der Waals surface area contributed by atoms with Crippen molar-refractivity contribution >= 4 is 23.5 Å². The minimum absolute atomic E-state index is 0.180. The fourth-order valence-corrected chi connectivity index (χ4v) is 3.03. The number of hydrazine groups is 1. The molecule has 1 aromatic rings. The fraction of sp³-hybridized carbons (Fsp3) is 0.556. The van der Waals surface area contributed by atoms with Gasteiger partial charge in [0.2, 0.25) is 0 Å². The van der Waals surface area contributed by atoms with E-state index in [0.29, 0.717) is 10.8 Å². The van der Waals surface area contributed by atoms with E-state index < -0.39 is 18.0 Å². The molecule has 0 aromatic heterocycles. The Kier molecular flexibility index (Phi) is 6.93. The predicted molar refractivity (Wildman–Crippen MR) is 97.7 cm³/mol. The third-order valence-corrected chi connectivity index (χ3v) is 4.93. The molecule has 0 saturated heterocycles. The average Bonchev–Trinajstić information content (AvgIpc) is 2.58. The van der Waals surface area contributed by atoms with Crippen molar-refractivity contribution in [3.05, 3.63) is 28.3 Å². The standard InChI is InChI=1S/C18H26ClN3O3/c1-11-9-15(10-12(2)16(11)19)25-13(3)17(23)21-22-18(24)20-14-7-5-4-6-8-14/h9-10,13-14H,4-8H2,1-3H3,(H,21,23)(H2,20,22,24). The topological polar surface area (TPSA) is 79.5 Å². The van der Waals surface area contributed by atoms with E-state index in [4.69, 9.17) is 16.3 Å². The van der Waals surface area contributed by atoms with Crippen molar-refractivity contribution in [1.82, 2.24) is 16.2 Å². The van der Waals surface area contributed by atoms with Crippen molar-refractivity contribution in [3.63, 3.8) is 0 Å². The van der Waals surface area contributed by atoms with Crippen LogP contribution in [0.25, 0.3) is 0 Å². The van der Waals surface area contributed by atoms with E-state index in [9.17, 15) is 9.59 Å². The summed E-state index contributed by atoms with van der Waals surface area (Å²) in [6, 6.07) is 3.34. The van der Waals surface area contributed by atoms with Crippen molar-refractivity contribution in [3.8, 4) is 5.75 Å². The van der Waals surface area contributed by atoms with Crippen LogP contribution in [0, 0.1) is 13.8 Å². The molecule has 3 N–H and O–H groups in total. The molecule has 1 aliphatic carbocycles. The van der Waals surface area contributed by atoms with Crippen LogP contribution in [0.1, 0.15) is 50.2 Å². The molecule has 6 nitrogen and oxygen atoms in total. The summed E-state index contributed by atoms with van der Waals surface area (Å²) in [4.78, 5) is 23.9. The predicted octanol–water partition coefficient (Wildman–Crippen LogP) is 3.39. The molecule has 0 heterocycles. The first kappa shape index (κ1) is 19.4. The van der Waals surface area contributed by atoms with Crippen LogP contribution in [0.2, 0.25) is 5.02 Å². The number of nitrogens with one attached hydrogen (secondary N) is 3. The molecule has 1 saturated carbocycles. The SMILES string of the molecule is Cc1cc(OC(C)C(=O)NNC(=O)NC2CCCCC2)cc(C)c1Cl. The molecule has 0 spiro atoms. The van der Waals surface area contributed by atoms with E-state index >= 15 is 0 Å². The van der Waals surface area contributed by atoms with Gasteiger partial charge in [-0.3, -0.25) is 10.2 Å². The minimum atomic E-state index is -0.755. The summed E-state index contributed by atoms with van der Waals surface area (Å²) in [5.41, 5.74) is 6.53. The highest BCUT2D eigenvalue weighted by Crippen LogP contribution is 2.26. The van der Waals surface area contributed by atoms with E-state index in [1.54, 1.807) is 19.1 Å². The summed E-state index contributed by atoms with van der Waals surface area (Å²) in [6.07, 6.45) is 4.68. The first-order chi connectivity index (χ1) is 11.9. The molecule has 1 atom stereocenters. The van der Waals surface area contributed by atoms with Gasteiger partial charge in [0.15, 0.2) is 6.10 Å². The zero-order valence-electron chi connectivity index (χ0n) is 14.9. The molecule has 0 bridgehead atoms. The second-order valence-corrected chi connectivity index (χ2v) is 6.93. The van der Waals surface area contributed by atoms with Crippen LogP contribution in [0.3, 0.4) is 0 Å². The normalized spacial score (nSPS) is 16.0. The number of rotatable bonds is 4. The van der Waals surface area contributed by atoms with E-state index in [-0.39, 0.29) is 6.04 Å². The molecule has 7 heteroatoms. The van der Waals surface area contributed by atoms with Gasteiger partial charge >= 0.3 is 6.03 Å². The minimum Gasteiger partial charge on any atom is -0.481 e. The van der Waals surface area contributed by atoms with Gasteiger partial charge in [0.05, 0.1) is 0 Å². The lowest BCUT2D eigenvalue weighted by Gasteiger charge is -2.23. The molecule has 0 radical (unpaired) electrons. The molecule has 1 fully saturated rings. The van der Waals surface area contributed by atoms with Crippen LogP contribution >= 0.6 is 11.6 Å². The Morgan fingerprint density at radius 2 is 1.72 bits per heavy atom. The van der Waals surface area contributed by atoms with Crippen LogP contribution in [-0.4, -0.2) is 24.1 Å². The summed E-state index contributed by atoms with van der Waals surface area (Å²) in [5.74, 6) is 0.137. The number of halogens is 1. The second-order valence-electron chi connectivity index (χ2n) is 6.55. The lowest BCUT2D eigenvalue weighted by atomic mass is 9.96. The Bertz CT molecular complexity index is 607. The number of hydrogen-bond donors (Lipinski definition) is 3. The Morgan fingerprint density at radius 3 is 2.32 bits per heavy atom. The molecule has 3 amide bonds. The van der Waals surface area contributed by atoms with Gasteiger partial charge in [-0.05, 0) is 56.9 Å². The van der Waals surface area contributed by atoms with Gasteiger partial charge in [-0.2, -0.15) is 0 Å². The monoisotopic (exact) mass is 367 g/mol. The quantitative estimate of drug-likeness (QED) is 0.713. The maximum Gasteiger partial charge on any atom is 0.333 e. The summed E-state index contributed by atoms with van der Waals surface area (Å²) in [5, 5.41) is 3.55. The number of hydrogen-bond acceptors (Lipinski definition) is 3. The number of carbonyl (C=O) groups is 2. The third-order valence-electron chi connectivity index (χ3n) is 4.33. The van der Waals surface area contributed by atoms with Gasteiger partial charge in [0.25, 0.3) is 5.91 Å². The third kappa shape index (κ3) is 5.81. The first-order valence-corrected chi connectivity index (χ1v) is 9.04. The van der Waals surface area contributed by atoms with Gasteiger partial charge in [-0.25, -0.2) is 10.2 Å². The van der Waals surface area contributed by atoms with Crippen LogP contribution in [0.15, 0.2) is 12.1 Å². The maximum atomic E-state index is 12.1. The number of carbonyl (C=O) groups excluding carboxylic acids is 2. The maximum absolute atomic E-state index is 12.1. The van der Waals surface area contributed by atoms with Crippen LogP contribution < -0.4 is 20.9 Å². The summed E-state index contributed by atoms with van der Waals surface area (Å²) >= 11 is 6.12. The highest BCUT2D eigenvalue weighted by atomic mass is 35.5. The average molecular weight is 368 g/mol. The lowest BCUT2D eigenvalue weighted by Crippen LogP contribution is -2.52. The fourth-order valence-electron chi connectivity index (χ4n) is 2.92. The Labute approximate surface area is 153 Å². The number of aryl methyl sites for hydroxylation is 2. The number of ether oxygens (including phenoxy) is 1. The molecule has 1 aliphatic rings. The van der Waals surface area contributed by atoms with Gasteiger partial charge in [0, 0.05) is 11.1 Å². The van der Waals surface area contributed by atoms with Crippen molar-refractivity contribution < 1.29 is 14.3 Å². The first-order valence-electron chi connectivity index (χ1n) is 8.66. The van der Waals surface area contributed by atoms with Crippen LogP contribution in [0.5, 0.6) is 5.75 Å². The van der Waals surface area contributed by atoms with Gasteiger partial charge in [-0.15, -0.1) is 0 Å². The lowest BCUT2D eigenvalue weighted by molar-refractivity contribution is -0.128. The second kappa shape index (κ2) is 8.94. The smallest absolute Gasteiger partial charge is 0.333 e. The van der Waals surface area contributed by atoms with Crippen LogP contribution in [-0.2, 0) is 4.79 Å². The van der Waals surface area contributed by atoms with Crippen molar-refractivity contribution in [2.24, 2.45) is 0 Å². The molecular formula is C18H26ClN3O3. The highest BCUT2D eigenvalue weighted by molar-refractivity contribution is 6.32. The number of benzene rings is 1. The summed E-state index contributed by atoms with van der Waals surface area (Å²) < 4.78 is 5.63. The van der Waals surface area contributed by atoms with Gasteiger partial charge in [-0.1, -0.05) is 30.9 Å².